The second kappa shape index (κ2) is 8.81. The van der Waals surface area contributed by atoms with E-state index < -0.39 is 0 Å². The van der Waals surface area contributed by atoms with Gasteiger partial charge in [-0.1, -0.05) is 45.4 Å². The lowest BCUT2D eigenvalue weighted by Gasteiger charge is -2.59. The summed E-state index contributed by atoms with van der Waals surface area (Å²) in [6.07, 6.45) is 10.3. The number of aliphatic hydroxyl groups excluding tert-OH is 1. The summed E-state index contributed by atoms with van der Waals surface area (Å²) in [5.74, 6) is 0.937. The third-order valence-electron chi connectivity index (χ3n) is 6.57. The van der Waals surface area contributed by atoms with E-state index >= 15 is 0 Å². The molecule has 0 radical (unpaired) electrons. The molecule has 2 heterocycles. The van der Waals surface area contributed by atoms with Crippen LogP contribution in [0.15, 0.2) is 42.6 Å². The van der Waals surface area contributed by atoms with E-state index in [4.69, 9.17) is 4.98 Å². The Hall–Kier alpha value is -2.33. The Morgan fingerprint density at radius 2 is 1.90 bits per heavy atom. The first-order valence-electron chi connectivity index (χ1n) is 11.5. The van der Waals surface area contributed by atoms with Gasteiger partial charge < -0.3 is 15.3 Å². The molecule has 2 aliphatic rings. The van der Waals surface area contributed by atoms with Crippen molar-refractivity contribution < 1.29 is 5.11 Å². The van der Waals surface area contributed by atoms with Crippen molar-refractivity contribution in [2.75, 3.05) is 23.3 Å². The zero-order valence-electron chi connectivity index (χ0n) is 18.6. The molecule has 1 saturated carbocycles. The number of pyridine rings is 1. The first-order chi connectivity index (χ1) is 14.6. The summed E-state index contributed by atoms with van der Waals surface area (Å²) in [6, 6.07) is 10.9. The van der Waals surface area contributed by atoms with E-state index in [9.17, 15) is 5.11 Å². The predicted molar refractivity (Wildman–Crippen MR) is 126 cm³/mol. The summed E-state index contributed by atoms with van der Waals surface area (Å²) in [4.78, 5) is 7.22. The molecule has 30 heavy (non-hydrogen) atoms. The van der Waals surface area contributed by atoms with Crippen LogP contribution in [-0.2, 0) is 6.42 Å². The van der Waals surface area contributed by atoms with Crippen molar-refractivity contribution in [3.63, 3.8) is 0 Å². The van der Waals surface area contributed by atoms with Gasteiger partial charge in [0.1, 0.15) is 5.82 Å². The molecule has 1 aromatic carbocycles. The molecule has 1 aliphatic heterocycles. The standard InChI is InChI=1S/C26H35N3O/c1-4-7-19-9-11-21(12-10-19)28-25-24(20(6-3)8-5-2)23(13-14-27-25)29-17-26(18-29)15-22(30)16-26/h8-14,22,30H,4-7,15-18H2,1-3H3,(H,27,28)/b20-8+. The summed E-state index contributed by atoms with van der Waals surface area (Å²) < 4.78 is 0. The van der Waals surface area contributed by atoms with E-state index in [1.807, 2.05) is 6.20 Å². The van der Waals surface area contributed by atoms with Crippen molar-refractivity contribution in [2.24, 2.45) is 5.41 Å². The number of allylic oxidation sites excluding steroid dienone is 2. The fourth-order valence-corrected chi connectivity index (χ4v) is 5.11. The SMILES string of the molecule is CC/C=C(\CC)c1c(N2CC3(CC(O)C3)C2)ccnc1Nc1ccc(CCC)cc1. The number of hydrogen-bond acceptors (Lipinski definition) is 4. The van der Waals surface area contributed by atoms with Gasteiger partial charge in [-0.15, -0.1) is 0 Å². The van der Waals surface area contributed by atoms with Crippen LogP contribution < -0.4 is 10.2 Å². The van der Waals surface area contributed by atoms with Crippen LogP contribution in [0.4, 0.5) is 17.2 Å². The van der Waals surface area contributed by atoms with Gasteiger partial charge in [0.15, 0.2) is 0 Å². The number of aromatic nitrogens is 1. The second-order valence-corrected chi connectivity index (χ2v) is 9.03. The minimum atomic E-state index is -0.0943. The number of rotatable bonds is 8. The van der Waals surface area contributed by atoms with Gasteiger partial charge in [-0.3, -0.25) is 0 Å². The Bertz CT molecular complexity index is 889. The number of anilines is 3. The average molecular weight is 406 g/mol. The van der Waals surface area contributed by atoms with E-state index in [2.05, 4.69) is 67.4 Å². The van der Waals surface area contributed by atoms with E-state index in [1.165, 1.54) is 22.4 Å². The molecule has 2 N–H and O–H groups in total. The molecule has 0 amide bonds. The van der Waals surface area contributed by atoms with E-state index in [-0.39, 0.29) is 6.10 Å². The first-order valence-corrected chi connectivity index (χ1v) is 11.5. The lowest BCUT2D eigenvalue weighted by atomic mass is 9.61. The Balaban J connectivity index is 1.63. The third kappa shape index (κ3) is 4.11. The van der Waals surface area contributed by atoms with Crippen molar-refractivity contribution in [3.05, 3.63) is 53.7 Å². The van der Waals surface area contributed by atoms with Gasteiger partial charge in [0.05, 0.1) is 6.10 Å². The molecule has 1 saturated heterocycles. The number of nitrogens with zero attached hydrogens (tertiary/aromatic N) is 2. The molecule has 4 rings (SSSR count). The Kier molecular flexibility index (Phi) is 6.14. The maximum absolute atomic E-state index is 9.77. The second-order valence-electron chi connectivity index (χ2n) is 9.03. The van der Waals surface area contributed by atoms with Crippen LogP contribution in [0.1, 0.15) is 64.0 Å². The summed E-state index contributed by atoms with van der Waals surface area (Å²) in [6.45, 7) is 8.70. The summed E-state index contributed by atoms with van der Waals surface area (Å²) in [5, 5.41) is 13.4. The van der Waals surface area contributed by atoms with Crippen molar-refractivity contribution in [2.45, 2.75) is 65.4 Å². The largest absolute Gasteiger partial charge is 0.393 e. The van der Waals surface area contributed by atoms with Crippen LogP contribution in [0.2, 0.25) is 0 Å². The lowest BCUT2D eigenvalue weighted by Crippen LogP contribution is -2.64. The minimum Gasteiger partial charge on any atom is -0.393 e. The molecular formula is C26H35N3O. The smallest absolute Gasteiger partial charge is 0.139 e. The molecule has 0 unspecified atom stereocenters. The predicted octanol–water partition coefficient (Wildman–Crippen LogP) is 5.94. The maximum atomic E-state index is 9.77. The monoisotopic (exact) mass is 405 g/mol. The topological polar surface area (TPSA) is 48.4 Å². The molecular weight excluding hydrogens is 370 g/mol. The molecule has 1 aliphatic carbocycles. The Morgan fingerprint density at radius 1 is 1.17 bits per heavy atom. The van der Waals surface area contributed by atoms with Crippen molar-refractivity contribution >= 4 is 22.8 Å². The zero-order valence-corrected chi connectivity index (χ0v) is 18.6. The molecule has 0 bridgehead atoms. The summed E-state index contributed by atoms with van der Waals surface area (Å²) in [7, 11) is 0. The van der Waals surface area contributed by atoms with Gasteiger partial charge in [-0.2, -0.15) is 0 Å². The quantitative estimate of drug-likeness (QED) is 0.570. The van der Waals surface area contributed by atoms with Crippen LogP contribution in [-0.4, -0.2) is 29.3 Å². The molecule has 1 spiro atoms. The molecule has 1 aromatic heterocycles. The number of aryl methyl sites for hydroxylation is 1. The van der Waals surface area contributed by atoms with Crippen molar-refractivity contribution in [3.8, 4) is 0 Å². The van der Waals surface area contributed by atoms with Crippen molar-refractivity contribution in [1.82, 2.24) is 4.98 Å². The van der Waals surface area contributed by atoms with Crippen LogP contribution >= 0.6 is 0 Å². The maximum Gasteiger partial charge on any atom is 0.139 e. The summed E-state index contributed by atoms with van der Waals surface area (Å²) >= 11 is 0. The molecule has 160 valence electrons. The van der Waals surface area contributed by atoms with Gasteiger partial charge in [-0.25, -0.2) is 4.98 Å². The van der Waals surface area contributed by atoms with Crippen LogP contribution in [0.3, 0.4) is 0 Å². The average Bonchev–Trinajstić information content (AvgIpc) is 2.70. The molecule has 4 heteroatoms. The van der Waals surface area contributed by atoms with E-state index in [0.29, 0.717) is 5.41 Å². The number of hydrogen-bond donors (Lipinski definition) is 2. The fourth-order valence-electron chi connectivity index (χ4n) is 5.11. The highest BCUT2D eigenvalue weighted by Gasteiger charge is 2.52. The molecule has 2 aromatic rings. The van der Waals surface area contributed by atoms with Crippen LogP contribution in [0.25, 0.3) is 5.57 Å². The molecule has 0 atom stereocenters. The number of aliphatic hydroxyl groups is 1. The molecule has 4 nitrogen and oxygen atoms in total. The highest BCUT2D eigenvalue weighted by atomic mass is 16.3. The Morgan fingerprint density at radius 3 is 2.50 bits per heavy atom. The van der Waals surface area contributed by atoms with E-state index in [1.54, 1.807) is 0 Å². The third-order valence-corrected chi connectivity index (χ3v) is 6.57. The highest BCUT2D eigenvalue weighted by Crippen LogP contribution is 2.51. The number of benzene rings is 1. The Labute approximate surface area is 181 Å². The lowest BCUT2D eigenvalue weighted by molar-refractivity contribution is -0.0491. The van der Waals surface area contributed by atoms with Crippen LogP contribution in [0, 0.1) is 5.41 Å². The highest BCUT2D eigenvalue weighted by molar-refractivity contribution is 5.86. The summed E-state index contributed by atoms with van der Waals surface area (Å²) in [5.41, 5.74) is 6.63. The van der Waals surface area contributed by atoms with Gasteiger partial charge in [-0.05, 0) is 61.4 Å². The van der Waals surface area contributed by atoms with Crippen LogP contribution in [0.5, 0.6) is 0 Å². The van der Waals surface area contributed by atoms with Gasteiger partial charge in [0.2, 0.25) is 0 Å². The normalized spacial score (nSPS) is 18.3. The minimum absolute atomic E-state index is 0.0943. The van der Waals surface area contributed by atoms with Gasteiger partial charge >= 0.3 is 0 Å². The van der Waals surface area contributed by atoms with E-state index in [0.717, 1.165) is 63.1 Å². The van der Waals surface area contributed by atoms with Gasteiger partial charge in [0.25, 0.3) is 0 Å². The first kappa shape index (κ1) is 20.9. The number of nitrogens with one attached hydrogen (secondary N) is 1. The zero-order chi connectivity index (χ0) is 21.1. The molecule has 2 fully saturated rings. The van der Waals surface area contributed by atoms with Gasteiger partial charge in [0, 0.05) is 41.6 Å². The van der Waals surface area contributed by atoms with Crippen molar-refractivity contribution in [1.29, 1.82) is 0 Å². The fraction of sp³-hybridized carbons (Fsp3) is 0.500.